The fourth-order valence-corrected chi connectivity index (χ4v) is 1.64. The lowest BCUT2D eigenvalue weighted by molar-refractivity contribution is -0.128. The Hall–Kier alpha value is -0.810. The molecule has 6 heteroatoms. The average Bonchev–Trinajstić information content (AvgIpc) is 2.02. The summed E-state index contributed by atoms with van der Waals surface area (Å²) in [7, 11) is 0. The Bertz CT molecular complexity index is 240. The number of amides is 2. The third kappa shape index (κ3) is 4.99. The maximum Gasteiger partial charge on any atom is 0.229 e. The molecule has 1 aliphatic heterocycles. The maximum absolute atomic E-state index is 11.3. The zero-order chi connectivity index (χ0) is 10.6. The first-order valence-corrected chi connectivity index (χ1v) is 4.82. The van der Waals surface area contributed by atoms with Crippen molar-refractivity contribution in [2.24, 2.45) is 5.73 Å². The highest BCUT2D eigenvalue weighted by atomic mass is 35.5. The van der Waals surface area contributed by atoms with Gasteiger partial charge in [-0.3, -0.25) is 9.59 Å². The van der Waals surface area contributed by atoms with Crippen LogP contribution in [0.15, 0.2) is 0 Å². The van der Waals surface area contributed by atoms with Crippen molar-refractivity contribution in [2.45, 2.75) is 31.7 Å². The minimum atomic E-state index is -0.583. The molecule has 15 heavy (non-hydrogen) atoms. The molecule has 1 aliphatic rings. The molecule has 0 saturated carbocycles. The summed E-state index contributed by atoms with van der Waals surface area (Å²) in [5, 5.41) is 6.06. The van der Waals surface area contributed by atoms with Crippen LogP contribution in [0.4, 0.5) is 0 Å². The highest BCUT2D eigenvalue weighted by Crippen LogP contribution is 2.16. The monoisotopic (exact) mass is 235 g/mol. The Morgan fingerprint density at radius 1 is 1.40 bits per heavy atom. The van der Waals surface area contributed by atoms with E-state index < -0.39 is 5.91 Å². The third-order valence-electron chi connectivity index (χ3n) is 2.48. The molecule has 0 radical (unpaired) electrons. The fraction of sp³-hybridized carbons (Fsp3) is 0.778. The molecular weight excluding hydrogens is 218 g/mol. The molecule has 1 fully saturated rings. The zero-order valence-corrected chi connectivity index (χ0v) is 9.65. The summed E-state index contributed by atoms with van der Waals surface area (Å²) in [4.78, 5) is 21.8. The van der Waals surface area contributed by atoms with E-state index in [1.807, 2.05) is 6.92 Å². The van der Waals surface area contributed by atoms with Crippen LogP contribution in [0.1, 0.15) is 26.2 Å². The van der Waals surface area contributed by atoms with E-state index in [4.69, 9.17) is 5.73 Å². The van der Waals surface area contributed by atoms with Crippen LogP contribution in [-0.4, -0.2) is 30.4 Å². The van der Waals surface area contributed by atoms with E-state index in [0.717, 1.165) is 25.9 Å². The Labute approximate surface area is 95.6 Å². The van der Waals surface area contributed by atoms with Crippen molar-refractivity contribution >= 4 is 24.2 Å². The quantitative estimate of drug-likeness (QED) is 0.579. The van der Waals surface area contributed by atoms with Gasteiger partial charge in [0.05, 0.1) is 0 Å². The van der Waals surface area contributed by atoms with Crippen molar-refractivity contribution in [3.05, 3.63) is 0 Å². The number of hydrogen-bond acceptors (Lipinski definition) is 3. The number of rotatable bonds is 3. The normalized spacial score (nSPS) is 18.7. The largest absolute Gasteiger partial charge is 0.369 e. The smallest absolute Gasteiger partial charge is 0.229 e. The summed E-state index contributed by atoms with van der Waals surface area (Å²) in [6.45, 7) is 3.79. The van der Waals surface area contributed by atoms with Crippen molar-refractivity contribution in [2.75, 3.05) is 13.1 Å². The number of carbonyl (C=O) groups excluding carboxylic acids is 2. The van der Waals surface area contributed by atoms with Gasteiger partial charge in [-0.05, 0) is 32.9 Å². The summed E-state index contributed by atoms with van der Waals surface area (Å²) in [5.74, 6) is -0.859. The summed E-state index contributed by atoms with van der Waals surface area (Å²) >= 11 is 0. The van der Waals surface area contributed by atoms with Gasteiger partial charge in [0.15, 0.2) is 0 Å². The second kappa shape index (κ2) is 5.92. The van der Waals surface area contributed by atoms with Gasteiger partial charge in [0, 0.05) is 5.54 Å². The fourth-order valence-electron chi connectivity index (χ4n) is 1.64. The van der Waals surface area contributed by atoms with Gasteiger partial charge >= 0.3 is 0 Å². The highest BCUT2D eigenvalue weighted by Gasteiger charge is 2.28. The van der Waals surface area contributed by atoms with Gasteiger partial charge in [0.1, 0.15) is 6.42 Å². The predicted octanol–water partition coefficient (Wildman–Crippen LogP) is -0.458. The molecule has 0 aromatic rings. The number of nitrogens with two attached hydrogens (primary N) is 1. The Morgan fingerprint density at radius 2 is 1.93 bits per heavy atom. The first kappa shape index (κ1) is 14.2. The lowest BCUT2D eigenvalue weighted by Crippen LogP contribution is -2.52. The Kier molecular flexibility index (Phi) is 5.60. The molecule has 2 amide bonds. The van der Waals surface area contributed by atoms with Crippen LogP contribution in [-0.2, 0) is 9.59 Å². The zero-order valence-electron chi connectivity index (χ0n) is 8.84. The molecule has 0 bridgehead atoms. The Balaban J connectivity index is 0.00000196. The summed E-state index contributed by atoms with van der Waals surface area (Å²) < 4.78 is 0. The van der Waals surface area contributed by atoms with Crippen LogP contribution in [0, 0.1) is 0 Å². The first-order chi connectivity index (χ1) is 6.52. The molecule has 5 nitrogen and oxygen atoms in total. The Morgan fingerprint density at radius 3 is 2.40 bits per heavy atom. The number of piperidine rings is 1. The standard InChI is InChI=1S/C9H17N3O2.ClH/c1-9(2-4-11-5-3-9)12-8(14)6-7(10)13;/h11H,2-6H2,1H3,(H2,10,13)(H,12,14);1H. The lowest BCUT2D eigenvalue weighted by atomic mass is 9.90. The van der Waals surface area contributed by atoms with Gasteiger partial charge in [0.25, 0.3) is 0 Å². The van der Waals surface area contributed by atoms with E-state index >= 15 is 0 Å². The summed E-state index contributed by atoms with van der Waals surface area (Å²) in [6, 6.07) is 0. The van der Waals surface area contributed by atoms with E-state index in [0.29, 0.717) is 0 Å². The van der Waals surface area contributed by atoms with Crippen LogP contribution in [0.2, 0.25) is 0 Å². The van der Waals surface area contributed by atoms with E-state index in [1.165, 1.54) is 0 Å². The molecule has 0 atom stereocenters. The number of nitrogens with one attached hydrogen (secondary N) is 2. The summed E-state index contributed by atoms with van der Waals surface area (Å²) in [6.07, 6.45) is 1.55. The maximum atomic E-state index is 11.3. The SMILES string of the molecule is CC1(NC(=O)CC(N)=O)CCNCC1.Cl. The van der Waals surface area contributed by atoms with E-state index in [2.05, 4.69) is 10.6 Å². The van der Waals surface area contributed by atoms with Gasteiger partial charge in [-0.25, -0.2) is 0 Å². The molecule has 1 heterocycles. The molecular formula is C9H18ClN3O2. The molecule has 0 spiro atoms. The van der Waals surface area contributed by atoms with Gasteiger partial charge in [-0.15, -0.1) is 12.4 Å². The van der Waals surface area contributed by atoms with Crippen LogP contribution in [0.5, 0.6) is 0 Å². The van der Waals surface area contributed by atoms with Gasteiger partial charge in [0.2, 0.25) is 11.8 Å². The second-order valence-corrected chi connectivity index (χ2v) is 4.00. The van der Waals surface area contributed by atoms with Crippen molar-refractivity contribution in [3.63, 3.8) is 0 Å². The van der Waals surface area contributed by atoms with Crippen molar-refractivity contribution < 1.29 is 9.59 Å². The van der Waals surface area contributed by atoms with E-state index in [-0.39, 0.29) is 30.3 Å². The topological polar surface area (TPSA) is 84.2 Å². The third-order valence-corrected chi connectivity index (χ3v) is 2.48. The molecule has 4 N–H and O–H groups in total. The van der Waals surface area contributed by atoms with Crippen LogP contribution in [0.3, 0.4) is 0 Å². The van der Waals surface area contributed by atoms with Crippen molar-refractivity contribution in [1.29, 1.82) is 0 Å². The van der Waals surface area contributed by atoms with Gasteiger partial charge in [-0.2, -0.15) is 0 Å². The minimum Gasteiger partial charge on any atom is -0.369 e. The number of primary amides is 1. The van der Waals surface area contributed by atoms with E-state index in [1.54, 1.807) is 0 Å². The molecule has 88 valence electrons. The molecule has 0 unspecified atom stereocenters. The molecule has 0 aromatic carbocycles. The molecule has 0 aliphatic carbocycles. The van der Waals surface area contributed by atoms with E-state index in [9.17, 15) is 9.59 Å². The minimum absolute atomic E-state index is 0. The predicted molar refractivity (Wildman–Crippen MR) is 59.7 cm³/mol. The summed E-state index contributed by atoms with van der Waals surface area (Å²) in [5.41, 5.74) is 4.75. The number of halogens is 1. The second-order valence-electron chi connectivity index (χ2n) is 4.00. The van der Waals surface area contributed by atoms with Gasteiger partial charge < -0.3 is 16.4 Å². The number of carbonyl (C=O) groups is 2. The average molecular weight is 236 g/mol. The molecule has 1 saturated heterocycles. The highest BCUT2D eigenvalue weighted by molar-refractivity contribution is 5.96. The number of hydrogen-bond donors (Lipinski definition) is 3. The lowest BCUT2D eigenvalue weighted by Gasteiger charge is -2.34. The van der Waals surface area contributed by atoms with Crippen molar-refractivity contribution in [1.82, 2.24) is 10.6 Å². The molecule has 0 aromatic heterocycles. The first-order valence-electron chi connectivity index (χ1n) is 4.82. The van der Waals surface area contributed by atoms with Crippen LogP contribution < -0.4 is 16.4 Å². The van der Waals surface area contributed by atoms with Crippen molar-refractivity contribution in [3.8, 4) is 0 Å². The molecule has 1 rings (SSSR count). The van der Waals surface area contributed by atoms with Gasteiger partial charge in [-0.1, -0.05) is 0 Å². The van der Waals surface area contributed by atoms with Crippen LogP contribution >= 0.6 is 12.4 Å². The van der Waals surface area contributed by atoms with Crippen LogP contribution in [0.25, 0.3) is 0 Å².